The second-order valence-corrected chi connectivity index (χ2v) is 6.29. The van der Waals surface area contributed by atoms with Crippen molar-refractivity contribution in [3.05, 3.63) is 71.4 Å². The maximum absolute atomic E-state index is 12.5. The van der Waals surface area contributed by atoms with Crippen LogP contribution in [0.4, 0.5) is 5.95 Å². The van der Waals surface area contributed by atoms with E-state index in [1.54, 1.807) is 19.6 Å². The van der Waals surface area contributed by atoms with Crippen LogP contribution < -0.4 is 10.1 Å². The van der Waals surface area contributed by atoms with Crippen LogP contribution in [0.1, 0.15) is 39.7 Å². The first-order valence-electron chi connectivity index (χ1n) is 8.52. The van der Waals surface area contributed by atoms with E-state index < -0.39 is 0 Å². The van der Waals surface area contributed by atoms with E-state index in [4.69, 9.17) is 9.15 Å². The average molecular weight is 349 g/mol. The van der Waals surface area contributed by atoms with Crippen molar-refractivity contribution in [2.24, 2.45) is 0 Å². The molecular formula is C20H19N3O3. The number of carbonyl (C=O) groups is 1. The predicted octanol–water partition coefficient (Wildman–Crippen LogP) is 3.60. The van der Waals surface area contributed by atoms with Crippen molar-refractivity contribution < 1.29 is 13.9 Å². The van der Waals surface area contributed by atoms with E-state index in [1.165, 1.54) is 0 Å². The monoisotopic (exact) mass is 349 g/mol. The Kier molecular flexibility index (Phi) is 4.39. The number of hydrogen-bond donors (Lipinski definition) is 1. The van der Waals surface area contributed by atoms with Crippen molar-refractivity contribution in [2.75, 3.05) is 12.4 Å². The maximum atomic E-state index is 12.5. The minimum Gasteiger partial charge on any atom is -0.497 e. The van der Waals surface area contributed by atoms with E-state index in [9.17, 15) is 4.79 Å². The van der Waals surface area contributed by atoms with Crippen molar-refractivity contribution in [1.82, 2.24) is 9.97 Å². The number of methoxy groups -OCH3 is 1. The molecule has 0 aliphatic heterocycles. The molecule has 0 amide bonds. The lowest BCUT2D eigenvalue weighted by Crippen LogP contribution is -2.21. The van der Waals surface area contributed by atoms with Gasteiger partial charge < -0.3 is 14.5 Å². The molecule has 2 aromatic heterocycles. The summed E-state index contributed by atoms with van der Waals surface area (Å²) in [6, 6.07) is 11.6. The highest BCUT2D eigenvalue weighted by Gasteiger charge is 2.28. The normalized spacial score (nSPS) is 16.2. The fraction of sp³-hybridized carbons (Fsp3) is 0.250. The van der Waals surface area contributed by atoms with Gasteiger partial charge in [-0.25, -0.2) is 9.97 Å². The molecule has 6 heteroatoms. The van der Waals surface area contributed by atoms with Gasteiger partial charge in [0.1, 0.15) is 11.5 Å². The molecule has 1 N–H and O–H groups in total. The molecule has 0 radical (unpaired) electrons. The van der Waals surface area contributed by atoms with E-state index >= 15 is 0 Å². The van der Waals surface area contributed by atoms with Gasteiger partial charge in [-0.15, -0.1) is 0 Å². The Morgan fingerprint density at radius 3 is 2.81 bits per heavy atom. The van der Waals surface area contributed by atoms with Crippen LogP contribution in [-0.2, 0) is 13.0 Å². The van der Waals surface area contributed by atoms with E-state index in [-0.39, 0.29) is 11.7 Å². The smallest absolute Gasteiger partial charge is 0.223 e. The molecule has 0 unspecified atom stereocenters. The zero-order chi connectivity index (χ0) is 17.9. The van der Waals surface area contributed by atoms with Crippen LogP contribution in [0, 0.1) is 0 Å². The number of hydrogen-bond acceptors (Lipinski definition) is 6. The largest absolute Gasteiger partial charge is 0.497 e. The Balaban J connectivity index is 1.53. The molecule has 132 valence electrons. The number of anilines is 1. The predicted molar refractivity (Wildman–Crippen MR) is 96.5 cm³/mol. The van der Waals surface area contributed by atoms with Crippen molar-refractivity contribution in [3.63, 3.8) is 0 Å². The van der Waals surface area contributed by atoms with E-state index in [0.29, 0.717) is 30.9 Å². The van der Waals surface area contributed by atoms with E-state index in [0.717, 1.165) is 22.8 Å². The summed E-state index contributed by atoms with van der Waals surface area (Å²) in [5.74, 6) is 2.32. The molecule has 1 atom stereocenters. The van der Waals surface area contributed by atoms with Crippen LogP contribution in [0.5, 0.6) is 5.75 Å². The molecule has 0 spiro atoms. The Morgan fingerprint density at radius 1 is 1.23 bits per heavy atom. The van der Waals surface area contributed by atoms with Crippen molar-refractivity contribution >= 4 is 11.7 Å². The molecule has 3 aromatic rings. The average Bonchev–Trinajstić information content (AvgIpc) is 3.20. The lowest BCUT2D eigenvalue weighted by atomic mass is 9.82. The number of aromatic nitrogens is 2. The number of benzene rings is 1. The summed E-state index contributed by atoms with van der Waals surface area (Å²) < 4.78 is 10.5. The Morgan fingerprint density at radius 2 is 2.08 bits per heavy atom. The van der Waals surface area contributed by atoms with Gasteiger partial charge in [0.05, 0.1) is 31.2 Å². The summed E-state index contributed by atoms with van der Waals surface area (Å²) in [5, 5.41) is 3.14. The summed E-state index contributed by atoms with van der Waals surface area (Å²) in [6.07, 6.45) is 4.44. The quantitative estimate of drug-likeness (QED) is 0.758. The Bertz CT molecular complexity index is 905. The van der Waals surface area contributed by atoms with Crippen molar-refractivity contribution in [2.45, 2.75) is 25.3 Å². The highest BCUT2D eigenvalue weighted by molar-refractivity contribution is 5.98. The molecule has 0 fully saturated rings. The summed E-state index contributed by atoms with van der Waals surface area (Å²) >= 11 is 0. The third-order valence-electron chi connectivity index (χ3n) is 4.63. The van der Waals surface area contributed by atoms with Gasteiger partial charge in [-0.3, -0.25) is 4.79 Å². The molecule has 4 rings (SSSR count). The van der Waals surface area contributed by atoms with Gasteiger partial charge in [0, 0.05) is 12.6 Å². The Labute approximate surface area is 151 Å². The molecule has 1 aliphatic rings. The van der Waals surface area contributed by atoms with Crippen LogP contribution in [0.15, 0.2) is 53.3 Å². The first kappa shape index (κ1) is 16.3. The minimum atomic E-state index is 0.0876. The molecule has 0 saturated carbocycles. The van der Waals surface area contributed by atoms with Gasteiger partial charge in [0.25, 0.3) is 0 Å². The topological polar surface area (TPSA) is 77.2 Å². The fourth-order valence-electron chi connectivity index (χ4n) is 3.22. The third kappa shape index (κ3) is 3.31. The summed E-state index contributed by atoms with van der Waals surface area (Å²) in [6.45, 7) is 0.502. The lowest BCUT2D eigenvalue weighted by molar-refractivity contribution is 0.0962. The molecule has 6 nitrogen and oxygen atoms in total. The number of fused-ring (bicyclic) bond motifs is 1. The van der Waals surface area contributed by atoms with E-state index in [2.05, 4.69) is 15.3 Å². The van der Waals surface area contributed by atoms with Gasteiger partial charge in [0.2, 0.25) is 5.95 Å². The van der Waals surface area contributed by atoms with Gasteiger partial charge in [-0.1, -0.05) is 12.1 Å². The molecule has 26 heavy (non-hydrogen) atoms. The fourth-order valence-corrected chi connectivity index (χ4v) is 3.22. The zero-order valence-electron chi connectivity index (χ0n) is 14.4. The van der Waals surface area contributed by atoms with Gasteiger partial charge in [-0.05, 0) is 42.2 Å². The third-order valence-corrected chi connectivity index (χ3v) is 4.63. The molecule has 1 aromatic carbocycles. The van der Waals surface area contributed by atoms with Crippen LogP contribution in [0.2, 0.25) is 0 Å². The molecular weight excluding hydrogens is 330 g/mol. The van der Waals surface area contributed by atoms with Gasteiger partial charge in [0.15, 0.2) is 5.78 Å². The molecule has 0 saturated heterocycles. The van der Waals surface area contributed by atoms with E-state index in [1.807, 2.05) is 36.4 Å². The summed E-state index contributed by atoms with van der Waals surface area (Å²) in [4.78, 5) is 21.3. The van der Waals surface area contributed by atoms with Crippen molar-refractivity contribution in [1.29, 1.82) is 0 Å². The Hall–Kier alpha value is -3.15. The minimum absolute atomic E-state index is 0.0876. The number of carbonyl (C=O) groups excluding carboxylic acids is 1. The molecule has 1 aliphatic carbocycles. The van der Waals surface area contributed by atoms with Crippen LogP contribution >= 0.6 is 0 Å². The number of furan rings is 1. The standard InChI is InChI=1S/C20H19N3O3/c1-25-15-6-4-13(5-7-15)14-9-18-17(19(24)10-14)12-22-20(23-18)21-11-16-3-2-8-26-16/h2-8,12,14H,9-11H2,1H3,(H,21,22,23)/t14-/m1/s1. The number of Topliss-reactive ketones (excluding diaryl/α,β-unsaturated/α-hetero) is 1. The number of nitrogens with one attached hydrogen (secondary N) is 1. The van der Waals surface area contributed by atoms with Crippen molar-refractivity contribution in [3.8, 4) is 5.75 Å². The van der Waals surface area contributed by atoms with Gasteiger partial charge in [-0.2, -0.15) is 0 Å². The molecule has 2 heterocycles. The highest BCUT2D eigenvalue weighted by Crippen LogP contribution is 2.32. The number of rotatable bonds is 5. The maximum Gasteiger partial charge on any atom is 0.223 e. The lowest BCUT2D eigenvalue weighted by Gasteiger charge is -2.23. The van der Waals surface area contributed by atoms with Gasteiger partial charge >= 0.3 is 0 Å². The summed E-state index contributed by atoms with van der Waals surface area (Å²) in [5.41, 5.74) is 2.53. The second kappa shape index (κ2) is 7.00. The highest BCUT2D eigenvalue weighted by atomic mass is 16.5. The SMILES string of the molecule is COc1ccc([C@H]2CC(=O)c3cnc(NCc4ccco4)nc3C2)cc1. The number of ketones is 1. The van der Waals surface area contributed by atoms with Crippen LogP contribution in [-0.4, -0.2) is 22.9 Å². The van der Waals surface area contributed by atoms with Crippen LogP contribution in [0.25, 0.3) is 0 Å². The number of nitrogens with zero attached hydrogens (tertiary/aromatic N) is 2. The summed E-state index contributed by atoms with van der Waals surface area (Å²) in [7, 11) is 1.64. The van der Waals surface area contributed by atoms with Crippen LogP contribution in [0.3, 0.4) is 0 Å². The number of ether oxygens (including phenoxy) is 1. The zero-order valence-corrected chi connectivity index (χ0v) is 14.4. The first-order valence-corrected chi connectivity index (χ1v) is 8.52. The first-order chi connectivity index (χ1) is 12.7. The second-order valence-electron chi connectivity index (χ2n) is 6.29. The molecule has 0 bridgehead atoms.